The molecule has 0 aromatic rings. The van der Waals surface area contributed by atoms with Crippen molar-refractivity contribution in [3.05, 3.63) is 0 Å². The van der Waals surface area contributed by atoms with Gasteiger partial charge in [0.05, 0.1) is 0 Å². The molecule has 488 valence electrons. The molecule has 86 heavy (non-hydrogen) atoms. The van der Waals surface area contributed by atoms with E-state index in [1.54, 1.807) is 128 Å². The first kappa shape index (κ1) is 62.1. The van der Waals surface area contributed by atoms with E-state index < -0.39 is 0 Å². The molecule has 20 saturated carbocycles. The number of hydrogen-bond donors (Lipinski definition) is 0. The Balaban J connectivity index is 0.0000000876. The third kappa shape index (κ3) is 8.37. The summed E-state index contributed by atoms with van der Waals surface area (Å²) in [5.41, 5.74) is 6.40. The molecule has 20 aliphatic rings. The van der Waals surface area contributed by atoms with Crippen molar-refractivity contribution in [3.63, 3.8) is 0 Å². The molecule has 20 bridgehead atoms. The number of rotatable bonds is 4. The molecule has 0 aliphatic heterocycles. The molecule has 0 radical (unpaired) electrons. The molecule has 0 heterocycles. The van der Waals surface area contributed by atoms with Gasteiger partial charge in [-0.3, -0.25) is 0 Å². The van der Waals surface area contributed by atoms with Crippen LogP contribution in [0.25, 0.3) is 0 Å². The molecule has 0 nitrogen and oxygen atoms in total. The van der Waals surface area contributed by atoms with Crippen LogP contribution in [0.3, 0.4) is 0 Å². The number of hydrogen-bond acceptors (Lipinski definition) is 0. The second kappa shape index (κ2) is 20.3. The standard InChI is InChI=1S/C17H28.C16H26.C15H24.C14H22.2C12H22/c1-4-10(2)17(3)9-13-8-14(17)16-12-6-5-11(7-12)15(13)16;1-9(2)16(3)8-12-7-13(16)15-11-5-4-10(6-11)14(12)15;1-3-15(2)8-11-7-12(15)14-10-5-4-9(6-10)13(11)14;1-14(2)7-10-6-11(14)13-9-4-3-8(5-9)12(10)13;1-10(2)9-6-7-12(5,8-9)11(10,3)4;1-10(2)8-9-6-7-12(10,5)11(9,3)4/h10-16H,4-9H2,1-3H3;9-15H,4-8H2,1-3H3;9-14H,3-8H2,1-2H3;8-13H,3-7H2,1-2H3;2*9H,6-8H2,1-5H3/t10?,11?,12?,13?,14?,15?,16?,17-;10?,11?,12?,13?,14?,15?,16-;9?,10?,11?,12?,13?,14?,15-;;;/m110.../s1. The van der Waals surface area contributed by atoms with Crippen LogP contribution in [0.1, 0.15) is 318 Å². The van der Waals surface area contributed by atoms with Gasteiger partial charge in [-0.15, -0.1) is 0 Å². The molecule has 0 spiro atoms. The average Bonchev–Trinajstić information content (AvgIpc) is 1.79. The fraction of sp³-hybridized carbons (Fsp3) is 1.00. The fourth-order valence-corrected chi connectivity index (χ4v) is 34.0. The van der Waals surface area contributed by atoms with Gasteiger partial charge in [0.25, 0.3) is 0 Å². The van der Waals surface area contributed by atoms with Crippen LogP contribution in [-0.2, 0) is 0 Å². The van der Waals surface area contributed by atoms with E-state index in [1.165, 1.54) is 134 Å². The Morgan fingerprint density at radius 3 is 1.09 bits per heavy atom. The minimum atomic E-state index is 0.545. The predicted molar refractivity (Wildman–Crippen MR) is 365 cm³/mol. The summed E-state index contributed by atoms with van der Waals surface area (Å²) in [4.78, 5) is 0. The normalized spacial score (nSPS) is 58.6. The van der Waals surface area contributed by atoms with Crippen molar-refractivity contribution in [3.8, 4) is 0 Å². The summed E-state index contributed by atoms with van der Waals surface area (Å²) in [5, 5.41) is 0. The molecule has 20 aliphatic carbocycles. The molecule has 29 unspecified atom stereocenters. The Hall–Kier alpha value is 0. The van der Waals surface area contributed by atoms with E-state index in [0.29, 0.717) is 48.7 Å². The van der Waals surface area contributed by atoms with E-state index in [1.807, 2.05) is 0 Å². The highest BCUT2D eigenvalue weighted by Crippen LogP contribution is 2.78. The van der Waals surface area contributed by atoms with Gasteiger partial charge in [-0.1, -0.05) is 151 Å². The third-order valence-electron chi connectivity index (χ3n) is 40.4. The largest absolute Gasteiger partial charge is 0.0651 e. The Morgan fingerprint density at radius 2 is 0.721 bits per heavy atom. The summed E-state index contributed by atoms with van der Waals surface area (Å²) < 4.78 is 0. The van der Waals surface area contributed by atoms with Crippen molar-refractivity contribution in [2.24, 2.45) is 220 Å². The summed E-state index contributed by atoms with van der Waals surface area (Å²) >= 11 is 0. The van der Waals surface area contributed by atoms with Crippen LogP contribution in [0, 0.1) is 220 Å². The molecule has 0 saturated heterocycles. The second-order valence-corrected chi connectivity index (χ2v) is 43.4. The Bertz CT molecular complexity index is 2510. The molecule has 20 fully saturated rings. The first-order valence-corrected chi connectivity index (χ1v) is 40.3. The molecule has 0 N–H and O–H groups in total. The van der Waals surface area contributed by atoms with Gasteiger partial charge in [0.2, 0.25) is 0 Å². The zero-order valence-corrected chi connectivity index (χ0v) is 61.0. The Morgan fingerprint density at radius 1 is 0.337 bits per heavy atom. The van der Waals surface area contributed by atoms with Crippen molar-refractivity contribution in [1.82, 2.24) is 0 Å². The minimum absolute atomic E-state index is 0.545. The zero-order chi connectivity index (χ0) is 61.0. The molecule has 0 aromatic carbocycles. The van der Waals surface area contributed by atoms with E-state index in [0.717, 1.165) is 88.3 Å². The van der Waals surface area contributed by atoms with Crippen LogP contribution in [0.15, 0.2) is 0 Å². The molecule has 32 atom stereocenters. The van der Waals surface area contributed by atoms with Crippen molar-refractivity contribution >= 4 is 0 Å². The van der Waals surface area contributed by atoms with E-state index in [2.05, 4.69) is 138 Å². The van der Waals surface area contributed by atoms with Gasteiger partial charge in [0.1, 0.15) is 0 Å². The van der Waals surface area contributed by atoms with Crippen LogP contribution in [0.4, 0.5) is 0 Å². The van der Waals surface area contributed by atoms with Crippen LogP contribution in [0.2, 0.25) is 0 Å². The highest BCUT2D eigenvalue weighted by Gasteiger charge is 2.71. The summed E-state index contributed by atoms with van der Waals surface area (Å²) in [7, 11) is 0. The van der Waals surface area contributed by atoms with Gasteiger partial charge in [-0.25, -0.2) is 0 Å². The fourth-order valence-electron chi connectivity index (χ4n) is 34.0. The van der Waals surface area contributed by atoms with Crippen molar-refractivity contribution in [1.29, 1.82) is 0 Å². The van der Waals surface area contributed by atoms with Crippen LogP contribution >= 0.6 is 0 Å². The van der Waals surface area contributed by atoms with Gasteiger partial charge in [0, 0.05) is 0 Å². The lowest BCUT2D eigenvalue weighted by Gasteiger charge is -2.50. The maximum absolute atomic E-state index is 2.65. The highest BCUT2D eigenvalue weighted by molar-refractivity contribution is 5.19. The highest BCUT2D eigenvalue weighted by atomic mass is 14.8. The van der Waals surface area contributed by atoms with Crippen molar-refractivity contribution < 1.29 is 0 Å². The van der Waals surface area contributed by atoms with E-state index in [4.69, 9.17) is 0 Å². The van der Waals surface area contributed by atoms with Crippen LogP contribution in [0.5, 0.6) is 0 Å². The zero-order valence-electron chi connectivity index (χ0n) is 61.0. The monoisotopic (exact) mass is 1180 g/mol. The lowest BCUT2D eigenvalue weighted by molar-refractivity contribution is -0.0111. The molecule has 0 heteroatoms. The quantitative estimate of drug-likeness (QED) is 0.246. The lowest BCUT2D eigenvalue weighted by Crippen LogP contribution is -2.42. The summed E-state index contributed by atoms with van der Waals surface area (Å²) in [6, 6.07) is 0. The van der Waals surface area contributed by atoms with Crippen LogP contribution < -0.4 is 0 Å². The lowest BCUT2D eigenvalue weighted by atomic mass is 9.55. The van der Waals surface area contributed by atoms with Crippen LogP contribution in [-0.4, -0.2) is 0 Å². The van der Waals surface area contributed by atoms with Gasteiger partial charge in [-0.05, 0) is 387 Å². The van der Waals surface area contributed by atoms with Gasteiger partial charge in [0.15, 0.2) is 0 Å². The smallest absolute Gasteiger partial charge is 0.0220 e. The summed E-state index contributed by atoms with van der Waals surface area (Å²) in [6.45, 7) is 50.1. The van der Waals surface area contributed by atoms with E-state index in [9.17, 15) is 0 Å². The average molecular weight is 1180 g/mol. The van der Waals surface area contributed by atoms with Gasteiger partial charge < -0.3 is 0 Å². The number of fused-ring (bicyclic) bond motifs is 40. The Kier molecular flexibility index (Phi) is 14.6. The summed E-state index contributed by atoms with van der Waals surface area (Å²) in [6.07, 6.45) is 43.6. The Labute approximate surface area is 535 Å². The molecule has 0 aromatic heterocycles. The minimum Gasteiger partial charge on any atom is -0.0651 e. The second-order valence-electron chi connectivity index (χ2n) is 43.4. The molecular weight excluding hydrogens is 1030 g/mol. The molecule has 0 amide bonds. The molecule has 20 rings (SSSR count). The topological polar surface area (TPSA) is 0 Å². The van der Waals surface area contributed by atoms with Gasteiger partial charge in [-0.2, -0.15) is 0 Å². The maximum Gasteiger partial charge on any atom is -0.0220 e. The third-order valence-corrected chi connectivity index (χ3v) is 40.4. The first-order valence-electron chi connectivity index (χ1n) is 40.3. The predicted octanol–water partition coefficient (Wildman–Crippen LogP) is 24.6. The van der Waals surface area contributed by atoms with E-state index >= 15 is 0 Å². The van der Waals surface area contributed by atoms with E-state index in [-0.39, 0.29) is 0 Å². The van der Waals surface area contributed by atoms with Gasteiger partial charge >= 0.3 is 0 Å². The molecular formula is C86H144. The SMILES string of the molecule is CC(C)[C@@]1(C)CC2CC1C1C3CCC(C3)C21.CC1(C)CC2CC1C1C3CCC(C3)C21.CC1(C)CC2CCC1(C)C2(C)C.CC12CCC(C1)C(C)(C)C2(C)C.CCC(C)[C@@]1(C)CC2CC1C1C3CCC(C3)C21.CC[C@@]1(C)CC2CC1C1C3CCC(C3)C21. The maximum atomic E-state index is 2.65. The van der Waals surface area contributed by atoms with Crippen molar-refractivity contribution in [2.75, 3.05) is 0 Å². The first-order chi connectivity index (χ1) is 40.3. The van der Waals surface area contributed by atoms with Crippen molar-refractivity contribution in [2.45, 2.75) is 318 Å². The summed E-state index contributed by atoms with van der Waals surface area (Å²) in [5.74, 6) is 31.7.